The zero-order valence-electron chi connectivity index (χ0n) is 9.13. The predicted octanol–water partition coefficient (Wildman–Crippen LogP) is 3.03. The van der Waals surface area contributed by atoms with Crippen LogP contribution in [0.25, 0.3) is 10.9 Å². The quantitative estimate of drug-likeness (QED) is 0.649. The van der Waals surface area contributed by atoms with Crippen molar-refractivity contribution in [3.63, 3.8) is 0 Å². The van der Waals surface area contributed by atoms with Crippen molar-refractivity contribution in [2.24, 2.45) is 0 Å². The van der Waals surface area contributed by atoms with Crippen LogP contribution in [0.1, 0.15) is 22.4 Å². The van der Waals surface area contributed by atoms with Crippen molar-refractivity contribution in [3.05, 3.63) is 40.6 Å². The summed E-state index contributed by atoms with van der Waals surface area (Å²) in [5, 5.41) is 9.95. The molecule has 0 bridgehead atoms. The Hall–Kier alpha value is -1.88. The molecule has 0 saturated heterocycles. The molecule has 0 amide bonds. The third-order valence-corrected chi connectivity index (χ3v) is 2.74. The van der Waals surface area contributed by atoms with Gasteiger partial charge in [-0.2, -0.15) is 5.26 Å². The number of pyridine rings is 1. The summed E-state index contributed by atoms with van der Waals surface area (Å²) in [6.07, 6.45) is 0. The smallest absolute Gasteiger partial charge is 0.101 e. The maximum Gasteiger partial charge on any atom is 0.101 e. The van der Waals surface area contributed by atoms with E-state index in [-0.39, 0.29) is 0 Å². The molecule has 0 aliphatic heterocycles. The summed E-state index contributed by atoms with van der Waals surface area (Å²) in [6, 6.07) is 8.22. The fraction of sp³-hybridized carbons (Fsp3) is 0.231. The lowest BCUT2D eigenvalue weighted by molar-refractivity contribution is 1.22. The van der Waals surface area contributed by atoms with Crippen LogP contribution < -0.4 is 0 Å². The molecule has 2 rings (SSSR count). The zero-order chi connectivity index (χ0) is 11.0. The van der Waals surface area contributed by atoms with Gasteiger partial charge >= 0.3 is 0 Å². The van der Waals surface area contributed by atoms with Crippen molar-refractivity contribution >= 4 is 10.9 Å². The van der Waals surface area contributed by atoms with Crippen LogP contribution in [0.4, 0.5) is 0 Å². The van der Waals surface area contributed by atoms with E-state index < -0.39 is 0 Å². The van der Waals surface area contributed by atoms with Crippen LogP contribution >= 0.6 is 0 Å². The molecule has 0 aliphatic rings. The molecule has 1 aromatic heterocycles. The number of rotatable bonds is 0. The van der Waals surface area contributed by atoms with Crippen LogP contribution in [-0.2, 0) is 0 Å². The molecule has 2 heteroatoms. The number of hydrogen-bond donors (Lipinski definition) is 0. The van der Waals surface area contributed by atoms with Gasteiger partial charge in [0.15, 0.2) is 0 Å². The molecule has 0 radical (unpaired) electrons. The second-order valence-corrected chi connectivity index (χ2v) is 3.86. The number of nitriles is 1. The number of aryl methyl sites for hydroxylation is 3. The Morgan fingerprint density at radius 2 is 1.73 bits per heavy atom. The van der Waals surface area contributed by atoms with Crippen molar-refractivity contribution in [1.82, 2.24) is 4.98 Å². The minimum atomic E-state index is 0.658. The first-order valence-electron chi connectivity index (χ1n) is 4.90. The van der Waals surface area contributed by atoms with E-state index in [1.54, 1.807) is 0 Å². The van der Waals surface area contributed by atoms with Gasteiger partial charge in [-0.05, 0) is 50.1 Å². The molecule has 15 heavy (non-hydrogen) atoms. The van der Waals surface area contributed by atoms with Crippen LogP contribution in [0.2, 0.25) is 0 Å². The van der Waals surface area contributed by atoms with Gasteiger partial charge in [0.1, 0.15) is 6.07 Å². The van der Waals surface area contributed by atoms with Crippen molar-refractivity contribution in [3.8, 4) is 6.07 Å². The lowest BCUT2D eigenvalue weighted by Crippen LogP contribution is -1.91. The molecule has 0 fully saturated rings. The summed E-state index contributed by atoms with van der Waals surface area (Å²) in [5.74, 6) is 0. The minimum Gasteiger partial charge on any atom is -0.252 e. The minimum absolute atomic E-state index is 0.658. The van der Waals surface area contributed by atoms with Gasteiger partial charge in [-0.3, -0.25) is 4.98 Å². The molecular formula is C13H12N2. The lowest BCUT2D eigenvalue weighted by Gasteiger charge is -2.05. The number of fused-ring (bicyclic) bond motifs is 1. The number of aromatic nitrogens is 1. The Balaban J connectivity index is 2.84. The van der Waals surface area contributed by atoms with E-state index in [1.165, 1.54) is 11.1 Å². The van der Waals surface area contributed by atoms with Gasteiger partial charge in [0.25, 0.3) is 0 Å². The molecule has 2 nitrogen and oxygen atoms in total. The molecule has 0 N–H and O–H groups in total. The first kappa shape index (κ1) is 9.67. The molecule has 1 heterocycles. The molecule has 0 spiro atoms. The van der Waals surface area contributed by atoms with Gasteiger partial charge in [-0.1, -0.05) is 0 Å². The van der Waals surface area contributed by atoms with Gasteiger partial charge in [-0.25, -0.2) is 0 Å². The Kier molecular flexibility index (Phi) is 2.17. The SMILES string of the molecule is Cc1cc2cc(C#N)c(C)nc2cc1C. The lowest BCUT2D eigenvalue weighted by atomic mass is 10.0. The van der Waals surface area contributed by atoms with Gasteiger partial charge in [0.2, 0.25) is 0 Å². The first-order chi connectivity index (χ1) is 7.11. The molecule has 2 aromatic rings. The zero-order valence-corrected chi connectivity index (χ0v) is 9.13. The molecule has 1 aromatic carbocycles. The van der Waals surface area contributed by atoms with E-state index in [0.29, 0.717) is 5.56 Å². The van der Waals surface area contributed by atoms with Crippen LogP contribution in [0.5, 0.6) is 0 Å². The standard InChI is InChI=1S/C13H12N2/c1-8-4-11-6-12(7-14)10(3)15-13(11)5-9(8)2/h4-6H,1-3H3. The molecule has 74 valence electrons. The molecular weight excluding hydrogens is 184 g/mol. The van der Waals surface area contributed by atoms with E-state index in [2.05, 4.69) is 37.0 Å². The first-order valence-corrected chi connectivity index (χ1v) is 4.90. The summed E-state index contributed by atoms with van der Waals surface area (Å²) >= 11 is 0. The highest BCUT2D eigenvalue weighted by Crippen LogP contribution is 2.20. The number of benzene rings is 1. The summed E-state index contributed by atoms with van der Waals surface area (Å²) < 4.78 is 0. The van der Waals surface area contributed by atoms with E-state index in [9.17, 15) is 0 Å². The highest BCUT2D eigenvalue weighted by atomic mass is 14.7. The average molecular weight is 196 g/mol. The van der Waals surface area contributed by atoms with Crippen LogP contribution in [0, 0.1) is 32.1 Å². The number of hydrogen-bond acceptors (Lipinski definition) is 2. The van der Waals surface area contributed by atoms with E-state index in [1.807, 2.05) is 13.0 Å². The largest absolute Gasteiger partial charge is 0.252 e. The van der Waals surface area contributed by atoms with Crippen molar-refractivity contribution in [2.75, 3.05) is 0 Å². The van der Waals surface area contributed by atoms with Crippen LogP contribution in [0.15, 0.2) is 18.2 Å². The second-order valence-electron chi connectivity index (χ2n) is 3.86. The summed E-state index contributed by atoms with van der Waals surface area (Å²) in [6.45, 7) is 6.01. The van der Waals surface area contributed by atoms with Crippen molar-refractivity contribution in [1.29, 1.82) is 5.26 Å². The van der Waals surface area contributed by atoms with E-state index >= 15 is 0 Å². The van der Waals surface area contributed by atoms with Gasteiger partial charge in [0.05, 0.1) is 16.8 Å². The van der Waals surface area contributed by atoms with Gasteiger partial charge in [-0.15, -0.1) is 0 Å². The monoisotopic (exact) mass is 196 g/mol. The van der Waals surface area contributed by atoms with Gasteiger partial charge in [0, 0.05) is 5.39 Å². The second kappa shape index (κ2) is 3.36. The normalized spacial score (nSPS) is 10.3. The third kappa shape index (κ3) is 1.57. The van der Waals surface area contributed by atoms with Crippen LogP contribution in [0.3, 0.4) is 0 Å². The Morgan fingerprint density at radius 1 is 1.07 bits per heavy atom. The molecule has 0 aliphatic carbocycles. The fourth-order valence-corrected chi connectivity index (χ4v) is 1.65. The maximum atomic E-state index is 8.91. The molecule has 0 saturated carbocycles. The Morgan fingerprint density at radius 3 is 2.40 bits per heavy atom. The third-order valence-electron chi connectivity index (χ3n) is 2.74. The molecule has 0 atom stereocenters. The topological polar surface area (TPSA) is 36.7 Å². The summed E-state index contributed by atoms with van der Waals surface area (Å²) in [4.78, 5) is 4.43. The van der Waals surface area contributed by atoms with Crippen LogP contribution in [-0.4, -0.2) is 4.98 Å². The number of nitrogens with zero attached hydrogens (tertiary/aromatic N) is 2. The van der Waals surface area contributed by atoms with Crippen molar-refractivity contribution < 1.29 is 0 Å². The summed E-state index contributed by atoms with van der Waals surface area (Å²) in [5.41, 5.74) is 4.89. The average Bonchev–Trinajstić information content (AvgIpc) is 2.20. The van der Waals surface area contributed by atoms with E-state index in [0.717, 1.165) is 16.6 Å². The highest BCUT2D eigenvalue weighted by molar-refractivity contribution is 5.82. The Labute approximate surface area is 89.2 Å². The predicted molar refractivity (Wildman–Crippen MR) is 60.7 cm³/mol. The maximum absolute atomic E-state index is 8.91. The molecule has 0 unspecified atom stereocenters. The van der Waals surface area contributed by atoms with Crippen molar-refractivity contribution in [2.45, 2.75) is 20.8 Å². The summed E-state index contributed by atoms with van der Waals surface area (Å²) in [7, 11) is 0. The van der Waals surface area contributed by atoms with E-state index in [4.69, 9.17) is 5.26 Å². The highest BCUT2D eigenvalue weighted by Gasteiger charge is 2.04. The fourth-order valence-electron chi connectivity index (χ4n) is 1.65. The van der Waals surface area contributed by atoms with Gasteiger partial charge < -0.3 is 0 Å². The Bertz CT molecular complexity index is 577.